The Balaban J connectivity index is 1.42. The molecule has 2 saturated heterocycles. The largest absolute Gasteiger partial charge is 0.493 e. The average molecular weight is 797 g/mol. The number of benzene rings is 2. The van der Waals surface area contributed by atoms with Crippen LogP contribution in [0.25, 0.3) is 0 Å². The van der Waals surface area contributed by atoms with Crippen LogP contribution >= 0.6 is 0 Å². The van der Waals surface area contributed by atoms with Crippen molar-refractivity contribution in [3.8, 4) is 23.0 Å². The minimum absolute atomic E-state index is 0.000363. The smallest absolute Gasteiger partial charge is 0.411 e. The zero-order valence-electron chi connectivity index (χ0n) is 31.9. The van der Waals surface area contributed by atoms with E-state index in [9.17, 15) is 39.0 Å². The van der Waals surface area contributed by atoms with Crippen LogP contribution in [0.15, 0.2) is 49.6 Å². The number of likely N-dealkylation sites (tertiary alicyclic amines) is 2. The van der Waals surface area contributed by atoms with Gasteiger partial charge in [0.15, 0.2) is 34.6 Å². The van der Waals surface area contributed by atoms with Crippen molar-refractivity contribution in [3.63, 3.8) is 0 Å². The molecule has 0 unspecified atom stereocenters. The summed E-state index contributed by atoms with van der Waals surface area (Å²) in [6, 6.07) is 4.19. The standard InChI is InChI=1S/C39H48N4O14/c1-5-10-56-38(50)40-30-18-34(32(52-3)16-28(30)36(48)42-20-26(46)14-24(42)22-44)54-12-8-7-9-13-55-35-19-31(41-39(51)57-11-6-2)29(17-33(35)53-4)37(49)43-21-27(47)15-25(43)23-45/h5-6,16-19,24-25,44-45H,1-2,7-15,20-23H2,3-4H3,(H,40,50)(H,41,51)/t24-,25-/m0/s1. The van der Waals surface area contributed by atoms with Crippen LogP contribution in [-0.2, 0) is 19.1 Å². The van der Waals surface area contributed by atoms with E-state index in [0.717, 1.165) is 0 Å². The minimum atomic E-state index is -0.858. The van der Waals surface area contributed by atoms with Crippen LogP contribution in [0.4, 0.5) is 21.0 Å². The topological polar surface area (TPSA) is 229 Å². The van der Waals surface area contributed by atoms with Gasteiger partial charge in [-0.2, -0.15) is 0 Å². The van der Waals surface area contributed by atoms with Crippen molar-refractivity contribution >= 4 is 46.9 Å². The molecule has 0 aromatic heterocycles. The zero-order chi connectivity index (χ0) is 41.5. The number of ether oxygens (including phenoxy) is 6. The third kappa shape index (κ3) is 11.5. The first-order chi connectivity index (χ1) is 27.5. The Kier molecular flexibility index (Phi) is 16.2. The summed E-state index contributed by atoms with van der Waals surface area (Å²) in [5, 5.41) is 24.6. The normalized spacial score (nSPS) is 16.1. The number of hydrogen-bond acceptors (Lipinski definition) is 14. The van der Waals surface area contributed by atoms with Crippen LogP contribution in [0.3, 0.4) is 0 Å². The second-order valence-corrected chi connectivity index (χ2v) is 12.9. The number of ketones is 2. The van der Waals surface area contributed by atoms with Gasteiger partial charge in [0.1, 0.15) is 13.2 Å². The first-order valence-electron chi connectivity index (χ1n) is 18.1. The number of rotatable bonds is 20. The fourth-order valence-corrected chi connectivity index (χ4v) is 6.16. The molecule has 0 spiro atoms. The number of carbonyl (C=O) groups is 6. The molecule has 0 saturated carbocycles. The fraction of sp³-hybridized carbons (Fsp3) is 0.436. The average Bonchev–Trinajstić information content (AvgIpc) is 3.79. The number of aliphatic hydroxyl groups is 2. The van der Waals surface area contributed by atoms with Crippen molar-refractivity contribution in [2.45, 2.75) is 44.2 Å². The summed E-state index contributed by atoms with van der Waals surface area (Å²) in [4.78, 5) is 78.8. The Hall–Kier alpha value is -6.14. The second-order valence-electron chi connectivity index (χ2n) is 12.9. The number of anilines is 2. The first kappa shape index (κ1) is 43.6. The molecule has 2 aromatic rings. The molecule has 2 atom stereocenters. The van der Waals surface area contributed by atoms with Crippen molar-refractivity contribution < 1.29 is 67.4 Å². The highest BCUT2D eigenvalue weighted by Gasteiger charge is 2.37. The van der Waals surface area contributed by atoms with E-state index in [-0.39, 0.29) is 109 Å². The molecular formula is C39H48N4O14. The number of unbranched alkanes of at least 4 members (excludes halogenated alkanes) is 2. The van der Waals surface area contributed by atoms with Gasteiger partial charge in [-0.15, -0.1) is 0 Å². The summed E-state index contributed by atoms with van der Waals surface area (Å²) < 4.78 is 33.0. The molecule has 2 heterocycles. The number of Topliss-reactive ketones (excluding diaryl/α,β-unsaturated/α-hetero) is 2. The molecule has 0 radical (unpaired) electrons. The molecule has 57 heavy (non-hydrogen) atoms. The Morgan fingerprint density at radius 2 is 1.09 bits per heavy atom. The number of nitrogens with one attached hydrogen (secondary N) is 2. The van der Waals surface area contributed by atoms with Gasteiger partial charge in [-0.25, -0.2) is 9.59 Å². The Morgan fingerprint density at radius 1 is 0.684 bits per heavy atom. The third-order valence-corrected chi connectivity index (χ3v) is 8.95. The Bertz CT molecular complexity index is 1700. The van der Waals surface area contributed by atoms with Crippen molar-refractivity contribution in [2.75, 3.05) is 77.6 Å². The van der Waals surface area contributed by atoms with Gasteiger partial charge in [-0.05, 0) is 31.4 Å². The summed E-state index contributed by atoms with van der Waals surface area (Å²) >= 11 is 0. The maximum atomic E-state index is 13.6. The van der Waals surface area contributed by atoms with E-state index < -0.39 is 49.3 Å². The highest BCUT2D eigenvalue weighted by atomic mass is 16.6. The lowest BCUT2D eigenvalue weighted by Crippen LogP contribution is -2.38. The lowest BCUT2D eigenvalue weighted by atomic mass is 10.1. The van der Waals surface area contributed by atoms with Gasteiger partial charge in [0.05, 0.1) is 88.3 Å². The van der Waals surface area contributed by atoms with E-state index in [1.54, 1.807) is 0 Å². The quantitative estimate of drug-likeness (QED) is 0.111. The van der Waals surface area contributed by atoms with Crippen LogP contribution in [0.2, 0.25) is 0 Å². The number of nitrogens with zero attached hydrogens (tertiary/aromatic N) is 2. The van der Waals surface area contributed by atoms with Gasteiger partial charge in [0.25, 0.3) is 11.8 Å². The Morgan fingerprint density at radius 3 is 1.44 bits per heavy atom. The highest BCUT2D eigenvalue weighted by Crippen LogP contribution is 2.37. The molecular weight excluding hydrogens is 748 g/mol. The molecule has 2 aromatic carbocycles. The van der Waals surface area contributed by atoms with Gasteiger partial charge in [-0.3, -0.25) is 29.8 Å². The second kappa shape index (κ2) is 21.2. The van der Waals surface area contributed by atoms with Gasteiger partial charge in [0.2, 0.25) is 0 Å². The van der Waals surface area contributed by atoms with Crippen LogP contribution in [-0.4, -0.2) is 135 Å². The highest BCUT2D eigenvalue weighted by molar-refractivity contribution is 6.07. The summed E-state index contributed by atoms with van der Waals surface area (Å²) in [7, 11) is 2.77. The van der Waals surface area contributed by atoms with E-state index in [2.05, 4.69) is 23.8 Å². The van der Waals surface area contributed by atoms with Crippen molar-refractivity contribution in [2.24, 2.45) is 0 Å². The lowest BCUT2D eigenvalue weighted by Gasteiger charge is -2.24. The van der Waals surface area contributed by atoms with Crippen LogP contribution in [0.5, 0.6) is 23.0 Å². The molecule has 4 amide bonds. The predicted molar refractivity (Wildman–Crippen MR) is 204 cm³/mol. The number of aliphatic hydroxyl groups excluding tert-OH is 2. The van der Waals surface area contributed by atoms with Crippen molar-refractivity contribution in [1.82, 2.24) is 9.80 Å². The molecule has 4 rings (SSSR count). The molecule has 0 aliphatic carbocycles. The monoisotopic (exact) mass is 796 g/mol. The Labute approximate surface area is 329 Å². The van der Waals surface area contributed by atoms with E-state index in [4.69, 9.17) is 28.4 Å². The number of carbonyl (C=O) groups excluding carboxylic acids is 6. The predicted octanol–water partition coefficient (Wildman–Crippen LogP) is 3.35. The molecule has 308 valence electrons. The van der Waals surface area contributed by atoms with Gasteiger partial charge < -0.3 is 48.4 Å². The van der Waals surface area contributed by atoms with Crippen LogP contribution in [0.1, 0.15) is 52.8 Å². The van der Waals surface area contributed by atoms with E-state index in [1.807, 2.05) is 0 Å². The number of methoxy groups -OCH3 is 2. The first-order valence-corrected chi connectivity index (χ1v) is 18.1. The van der Waals surface area contributed by atoms with E-state index in [0.29, 0.717) is 19.3 Å². The zero-order valence-corrected chi connectivity index (χ0v) is 31.9. The van der Waals surface area contributed by atoms with Crippen LogP contribution < -0.4 is 29.6 Å². The fourth-order valence-electron chi connectivity index (χ4n) is 6.16. The van der Waals surface area contributed by atoms with Gasteiger partial charge in [-0.1, -0.05) is 25.3 Å². The molecule has 18 heteroatoms. The maximum Gasteiger partial charge on any atom is 0.411 e. The summed E-state index contributed by atoms with van der Waals surface area (Å²) in [6.07, 6.45) is 2.76. The van der Waals surface area contributed by atoms with Crippen molar-refractivity contribution in [3.05, 3.63) is 60.7 Å². The molecule has 2 fully saturated rings. The molecule has 4 N–H and O–H groups in total. The third-order valence-electron chi connectivity index (χ3n) is 8.95. The summed E-state index contributed by atoms with van der Waals surface area (Å²) in [6.45, 7) is 6.05. The van der Waals surface area contributed by atoms with Crippen molar-refractivity contribution in [1.29, 1.82) is 0 Å². The van der Waals surface area contributed by atoms with Gasteiger partial charge in [0, 0.05) is 25.0 Å². The minimum Gasteiger partial charge on any atom is -0.493 e. The summed E-state index contributed by atoms with van der Waals surface area (Å²) in [5.41, 5.74) is 0.0858. The van der Waals surface area contributed by atoms with E-state index in [1.165, 1.54) is 60.4 Å². The van der Waals surface area contributed by atoms with Gasteiger partial charge >= 0.3 is 12.2 Å². The van der Waals surface area contributed by atoms with Crippen LogP contribution in [0, 0.1) is 0 Å². The SMILES string of the molecule is C=CCOC(=O)Nc1cc(OCCCCCOc2cc(NC(=O)OCC=C)c(C(=O)N3CC(=O)C[C@H]3CO)cc2OC)c(OC)cc1C(=O)N1CC(=O)C[C@H]1CO. The lowest BCUT2D eigenvalue weighted by molar-refractivity contribution is -0.117. The summed E-state index contributed by atoms with van der Waals surface area (Å²) in [5.74, 6) is -0.805. The number of amides is 4. The molecule has 18 nitrogen and oxygen atoms in total. The molecule has 2 aliphatic rings. The maximum absolute atomic E-state index is 13.6. The number of hydrogen-bond donors (Lipinski definition) is 4. The molecule has 0 bridgehead atoms. The van der Waals surface area contributed by atoms with E-state index >= 15 is 0 Å². The molecule has 2 aliphatic heterocycles.